The Morgan fingerprint density at radius 2 is 2.04 bits per heavy atom. The van der Waals surface area contributed by atoms with Crippen molar-refractivity contribution in [1.82, 2.24) is 4.90 Å². The first-order valence-corrected chi connectivity index (χ1v) is 10.3. The van der Waals surface area contributed by atoms with Crippen LogP contribution in [-0.4, -0.2) is 63.5 Å². The number of carbonyl (C=O) groups is 1. The second kappa shape index (κ2) is 7.98. The van der Waals surface area contributed by atoms with Gasteiger partial charge in [-0.3, -0.25) is 4.79 Å². The summed E-state index contributed by atoms with van der Waals surface area (Å²) in [5.74, 6) is -0.243. The van der Waals surface area contributed by atoms with E-state index in [0.29, 0.717) is 0 Å². The highest BCUT2D eigenvalue weighted by Crippen LogP contribution is 2.22. The van der Waals surface area contributed by atoms with Crippen LogP contribution in [0, 0.1) is 0 Å². The number of carbonyl (C=O) groups excluding carboxylic acids is 1. The maximum absolute atomic E-state index is 12.5. The molecule has 1 amide bonds. The van der Waals surface area contributed by atoms with Gasteiger partial charge in [0.15, 0.2) is 0 Å². The maximum Gasteiger partial charge on any atom is 0.239 e. The van der Waals surface area contributed by atoms with Crippen molar-refractivity contribution in [2.24, 2.45) is 5.73 Å². The van der Waals surface area contributed by atoms with Crippen LogP contribution >= 0.6 is 0 Å². The molecule has 2 rings (SSSR count). The fraction of sp³-hybridized carbons (Fsp3) is 0.588. The number of hydrogen-bond donors (Lipinski definition) is 1. The maximum atomic E-state index is 12.5. The third kappa shape index (κ3) is 5.21. The molecule has 24 heavy (non-hydrogen) atoms. The molecule has 2 atom stereocenters. The van der Waals surface area contributed by atoms with Crippen molar-refractivity contribution < 1.29 is 13.2 Å². The van der Waals surface area contributed by atoms with Gasteiger partial charge in [-0.25, -0.2) is 8.42 Å². The molecule has 1 aromatic carbocycles. The van der Waals surface area contributed by atoms with Crippen LogP contribution in [0.25, 0.3) is 0 Å². The second-order valence-electron chi connectivity index (χ2n) is 6.55. The summed E-state index contributed by atoms with van der Waals surface area (Å²) < 4.78 is 22.5. The van der Waals surface area contributed by atoms with E-state index in [2.05, 4.69) is 17.0 Å². The molecule has 1 fully saturated rings. The predicted octanol–water partition coefficient (Wildman–Crippen LogP) is 0.876. The highest BCUT2D eigenvalue weighted by atomic mass is 32.2. The van der Waals surface area contributed by atoms with Gasteiger partial charge in [-0.15, -0.1) is 0 Å². The van der Waals surface area contributed by atoms with Crippen molar-refractivity contribution in [3.05, 3.63) is 30.3 Å². The van der Waals surface area contributed by atoms with Gasteiger partial charge in [0.1, 0.15) is 9.84 Å². The third-order valence-corrected chi connectivity index (χ3v) is 5.51. The van der Waals surface area contributed by atoms with Crippen LogP contribution in [-0.2, 0) is 14.6 Å². The van der Waals surface area contributed by atoms with Gasteiger partial charge < -0.3 is 15.5 Å². The molecule has 0 spiro atoms. The van der Waals surface area contributed by atoms with E-state index in [9.17, 15) is 13.2 Å². The third-order valence-electron chi connectivity index (χ3n) is 4.53. The lowest BCUT2D eigenvalue weighted by Crippen LogP contribution is -2.53. The standard InChI is InChI=1S/C17H27N3O3S/c1-19(17(21)16(18)10-12-24(2,22)23)15-9-6-11-20(13-15)14-7-4-3-5-8-14/h3-5,7-8,15-16H,6,9-13,18H2,1-2H3. The van der Waals surface area contributed by atoms with Gasteiger partial charge in [0.25, 0.3) is 0 Å². The monoisotopic (exact) mass is 353 g/mol. The molecule has 0 aromatic heterocycles. The van der Waals surface area contributed by atoms with Crippen LogP contribution in [0.4, 0.5) is 5.69 Å². The number of nitrogens with two attached hydrogens (primary N) is 1. The van der Waals surface area contributed by atoms with Crippen molar-refractivity contribution in [3.8, 4) is 0 Å². The largest absolute Gasteiger partial charge is 0.369 e. The number of benzene rings is 1. The van der Waals surface area contributed by atoms with Crippen LogP contribution in [0.5, 0.6) is 0 Å². The number of rotatable bonds is 6. The normalized spacial score (nSPS) is 19.8. The van der Waals surface area contributed by atoms with Crippen LogP contribution < -0.4 is 10.6 Å². The molecule has 0 radical (unpaired) electrons. The van der Waals surface area contributed by atoms with E-state index in [1.165, 1.54) is 0 Å². The zero-order chi connectivity index (χ0) is 17.7. The van der Waals surface area contributed by atoms with Crippen molar-refractivity contribution >= 4 is 21.4 Å². The van der Waals surface area contributed by atoms with Crippen molar-refractivity contribution in [2.75, 3.05) is 37.0 Å². The smallest absolute Gasteiger partial charge is 0.239 e. The Bertz CT molecular complexity index is 648. The Balaban J connectivity index is 1.95. The Morgan fingerprint density at radius 1 is 1.38 bits per heavy atom. The van der Waals surface area contributed by atoms with Crippen molar-refractivity contribution in [1.29, 1.82) is 0 Å². The number of amides is 1. The quantitative estimate of drug-likeness (QED) is 0.821. The van der Waals surface area contributed by atoms with Gasteiger partial charge in [-0.2, -0.15) is 0 Å². The van der Waals surface area contributed by atoms with E-state index in [0.717, 1.165) is 37.9 Å². The zero-order valence-corrected chi connectivity index (χ0v) is 15.2. The van der Waals surface area contributed by atoms with Crippen molar-refractivity contribution in [2.45, 2.75) is 31.3 Å². The Morgan fingerprint density at radius 3 is 2.67 bits per heavy atom. The number of anilines is 1. The minimum Gasteiger partial charge on any atom is -0.369 e. The SMILES string of the molecule is CN(C(=O)C(N)CCS(C)(=O)=O)C1CCCN(c2ccccc2)C1. The summed E-state index contributed by atoms with van der Waals surface area (Å²) in [5, 5.41) is 0. The molecule has 0 bridgehead atoms. The first-order chi connectivity index (χ1) is 11.3. The lowest BCUT2D eigenvalue weighted by atomic mass is 10.0. The molecule has 2 unspecified atom stereocenters. The molecule has 1 aliphatic heterocycles. The zero-order valence-electron chi connectivity index (χ0n) is 14.4. The Labute approximate surface area is 144 Å². The summed E-state index contributed by atoms with van der Waals surface area (Å²) >= 11 is 0. The average molecular weight is 353 g/mol. The number of hydrogen-bond acceptors (Lipinski definition) is 5. The van der Waals surface area contributed by atoms with Gasteiger partial charge in [-0.05, 0) is 31.4 Å². The van der Waals surface area contributed by atoms with Crippen LogP contribution in [0.15, 0.2) is 30.3 Å². The first-order valence-electron chi connectivity index (χ1n) is 8.28. The predicted molar refractivity (Wildman–Crippen MR) is 96.8 cm³/mol. The molecule has 1 aromatic rings. The fourth-order valence-electron chi connectivity index (χ4n) is 3.05. The van der Waals surface area contributed by atoms with Gasteiger partial charge in [-0.1, -0.05) is 18.2 Å². The molecule has 0 saturated carbocycles. The minimum atomic E-state index is -3.11. The van der Waals surface area contributed by atoms with Gasteiger partial charge >= 0.3 is 0 Å². The van der Waals surface area contributed by atoms with Crippen LogP contribution in [0.1, 0.15) is 19.3 Å². The Kier molecular flexibility index (Phi) is 6.23. The lowest BCUT2D eigenvalue weighted by Gasteiger charge is -2.39. The summed E-state index contributed by atoms with van der Waals surface area (Å²) in [5.41, 5.74) is 7.07. The average Bonchev–Trinajstić information content (AvgIpc) is 2.58. The summed E-state index contributed by atoms with van der Waals surface area (Å²) in [7, 11) is -1.34. The molecule has 2 N–H and O–H groups in total. The molecule has 1 aliphatic rings. The summed E-state index contributed by atoms with van der Waals surface area (Å²) in [6, 6.07) is 9.47. The molecule has 134 valence electrons. The highest BCUT2D eigenvalue weighted by molar-refractivity contribution is 7.90. The number of sulfone groups is 1. The Hall–Kier alpha value is -1.60. The van der Waals surface area contributed by atoms with Gasteiger partial charge in [0, 0.05) is 38.1 Å². The van der Waals surface area contributed by atoms with E-state index >= 15 is 0 Å². The van der Waals surface area contributed by atoms with Crippen LogP contribution in [0.3, 0.4) is 0 Å². The fourth-order valence-corrected chi connectivity index (χ4v) is 3.73. The highest BCUT2D eigenvalue weighted by Gasteiger charge is 2.29. The molecule has 7 heteroatoms. The van der Waals surface area contributed by atoms with Crippen molar-refractivity contribution in [3.63, 3.8) is 0 Å². The topological polar surface area (TPSA) is 83.7 Å². The molecule has 1 heterocycles. The molecular formula is C17H27N3O3S. The van der Waals surface area contributed by atoms with E-state index in [1.54, 1.807) is 11.9 Å². The summed E-state index contributed by atoms with van der Waals surface area (Å²) in [4.78, 5) is 16.5. The van der Waals surface area contributed by atoms with Gasteiger partial charge in [0.05, 0.1) is 11.8 Å². The van der Waals surface area contributed by atoms with Gasteiger partial charge in [0.2, 0.25) is 5.91 Å². The van der Waals surface area contributed by atoms with E-state index in [-0.39, 0.29) is 24.1 Å². The van der Waals surface area contributed by atoms with E-state index in [4.69, 9.17) is 5.73 Å². The van der Waals surface area contributed by atoms with E-state index in [1.807, 2.05) is 18.2 Å². The summed E-state index contributed by atoms with van der Waals surface area (Å²) in [6.07, 6.45) is 3.27. The number of piperidine rings is 1. The molecule has 6 nitrogen and oxygen atoms in total. The number of nitrogens with zero attached hydrogens (tertiary/aromatic N) is 2. The minimum absolute atomic E-state index is 0.0610. The molecular weight excluding hydrogens is 326 g/mol. The second-order valence-corrected chi connectivity index (χ2v) is 8.81. The van der Waals surface area contributed by atoms with E-state index < -0.39 is 15.9 Å². The van der Waals surface area contributed by atoms with Crippen LogP contribution in [0.2, 0.25) is 0 Å². The summed E-state index contributed by atoms with van der Waals surface area (Å²) in [6.45, 7) is 1.74. The number of para-hydroxylation sites is 1. The first kappa shape index (κ1) is 18.7. The molecule has 1 saturated heterocycles. The molecule has 0 aliphatic carbocycles. The lowest BCUT2D eigenvalue weighted by molar-refractivity contribution is -0.133. The number of likely N-dealkylation sites (N-methyl/N-ethyl adjacent to an activating group) is 1.